The van der Waals surface area contributed by atoms with Crippen LogP contribution in [-0.4, -0.2) is 32.5 Å². The minimum absolute atomic E-state index is 0.240. The summed E-state index contributed by atoms with van der Waals surface area (Å²) in [4.78, 5) is 12.2. The van der Waals surface area contributed by atoms with Crippen LogP contribution in [0.1, 0.15) is 32.1 Å². The van der Waals surface area contributed by atoms with E-state index in [1.165, 1.54) is 20.3 Å². The third-order valence-electron chi connectivity index (χ3n) is 4.42. The van der Waals surface area contributed by atoms with Crippen molar-refractivity contribution in [1.29, 1.82) is 0 Å². The predicted octanol–water partition coefficient (Wildman–Crippen LogP) is 4.34. The summed E-state index contributed by atoms with van der Waals surface area (Å²) >= 11 is 0. The zero-order chi connectivity index (χ0) is 18.4. The molecule has 140 valence electrons. The summed E-state index contributed by atoms with van der Waals surface area (Å²) in [6.45, 7) is 0. The quantitative estimate of drug-likeness (QED) is 0.821. The van der Waals surface area contributed by atoms with Gasteiger partial charge in [0.15, 0.2) is 0 Å². The Kier molecular flexibility index (Phi) is 6.39. The number of urea groups is 1. The fourth-order valence-corrected chi connectivity index (χ4v) is 3.15. The van der Waals surface area contributed by atoms with Crippen LogP contribution in [0, 0.1) is 5.92 Å². The highest BCUT2D eigenvalue weighted by molar-refractivity contribution is 5.91. The van der Waals surface area contributed by atoms with E-state index in [4.69, 9.17) is 9.47 Å². The number of carbonyl (C=O) groups is 1. The number of hydrogen-bond acceptors (Lipinski definition) is 3. The van der Waals surface area contributed by atoms with Gasteiger partial charge in [-0.25, -0.2) is 4.79 Å². The normalized spacial score (nSPS) is 16.8. The molecule has 0 spiro atoms. The molecule has 1 aromatic rings. The minimum atomic E-state index is -4.49. The van der Waals surface area contributed by atoms with Crippen molar-refractivity contribution >= 4 is 11.7 Å². The van der Waals surface area contributed by atoms with E-state index < -0.39 is 24.2 Å². The molecule has 1 fully saturated rings. The molecule has 0 bridgehead atoms. The highest BCUT2D eigenvalue weighted by Gasteiger charge is 2.45. The summed E-state index contributed by atoms with van der Waals surface area (Å²) in [6, 6.07) is 1.91. The molecule has 1 aliphatic carbocycles. The molecule has 5 nitrogen and oxygen atoms in total. The second-order valence-corrected chi connectivity index (χ2v) is 6.08. The number of amides is 2. The van der Waals surface area contributed by atoms with Gasteiger partial charge >= 0.3 is 12.2 Å². The average Bonchev–Trinajstić information content (AvgIpc) is 2.59. The van der Waals surface area contributed by atoms with Gasteiger partial charge in [-0.2, -0.15) is 13.2 Å². The molecule has 0 saturated heterocycles. The van der Waals surface area contributed by atoms with E-state index in [0.717, 1.165) is 19.3 Å². The fourth-order valence-electron chi connectivity index (χ4n) is 3.15. The molecule has 2 amide bonds. The van der Waals surface area contributed by atoms with E-state index in [-0.39, 0.29) is 5.69 Å². The topological polar surface area (TPSA) is 59.6 Å². The van der Waals surface area contributed by atoms with Gasteiger partial charge in [-0.15, -0.1) is 0 Å². The van der Waals surface area contributed by atoms with E-state index in [9.17, 15) is 18.0 Å². The highest BCUT2D eigenvalue weighted by Crippen LogP contribution is 2.35. The zero-order valence-electron chi connectivity index (χ0n) is 14.3. The van der Waals surface area contributed by atoms with Crippen molar-refractivity contribution < 1.29 is 27.4 Å². The third kappa shape index (κ3) is 5.17. The summed E-state index contributed by atoms with van der Waals surface area (Å²) in [5.74, 6) is 0.194. The first kappa shape index (κ1) is 19.2. The van der Waals surface area contributed by atoms with Gasteiger partial charge in [0.2, 0.25) is 0 Å². The number of alkyl halides is 3. The van der Waals surface area contributed by atoms with Crippen LogP contribution >= 0.6 is 0 Å². The van der Waals surface area contributed by atoms with Crippen LogP contribution in [-0.2, 0) is 0 Å². The maximum absolute atomic E-state index is 13.4. The van der Waals surface area contributed by atoms with Crippen molar-refractivity contribution in [2.24, 2.45) is 5.92 Å². The number of rotatable bonds is 5. The Morgan fingerprint density at radius 1 is 1.16 bits per heavy atom. The summed E-state index contributed by atoms with van der Waals surface area (Å²) in [5.41, 5.74) is 0.240. The van der Waals surface area contributed by atoms with Gasteiger partial charge in [-0.05, 0) is 30.9 Å². The van der Waals surface area contributed by atoms with Crippen LogP contribution in [0.4, 0.5) is 23.7 Å². The molecule has 1 aliphatic rings. The SMILES string of the molecule is COc1ccc(OC)c(NC(=O)NC(C2CCCCC2)C(F)(F)F)c1. The number of halogens is 3. The van der Waals surface area contributed by atoms with Gasteiger partial charge in [0.25, 0.3) is 0 Å². The monoisotopic (exact) mass is 360 g/mol. The van der Waals surface area contributed by atoms with Crippen LogP contribution in [0.25, 0.3) is 0 Å². The van der Waals surface area contributed by atoms with E-state index in [2.05, 4.69) is 10.6 Å². The van der Waals surface area contributed by atoms with Crippen molar-refractivity contribution in [2.75, 3.05) is 19.5 Å². The van der Waals surface area contributed by atoms with Crippen molar-refractivity contribution in [3.8, 4) is 11.5 Å². The van der Waals surface area contributed by atoms with Crippen LogP contribution in [0.5, 0.6) is 11.5 Å². The number of ether oxygens (including phenoxy) is 2. The smallest absolute Gasteiger partial charge is 0.408 e. The van der Waals surface area contributed by atoms with E-state index >= 15 is 0 Å². The third-order valence-corrected chi connectivity index (χ3v) is 4.42. The predicted molar refractivity (Wildman–Crippen MR) is 88.1 cm³/mol. The minimum Gasteiger partial charge on any atom is -0.497 e. The Morgan fingerprint density at radius 3 is 2.40 bits per heavy atom. The molecule has 2 N–H and O–H groups in total. The van der Waals surface area contributed by atoms with Gasteiger partial charge in [0.1, 0.15) is 17.5 Å². The second-order valence-electron chi connectivity index (χ2n) is 6.08. The van der Waals surface area contributed by atoms with Gasteiger partial charge in [-0.1, -0.05) is 19.3 Å². The largest absolute Gasteiger partial charge is 0.497 e. The lowest BCUT2D eigenvalue weighted by Gasteiger charge is -2.32. The zero-order valence-corrected chi connectivity index (χ0v) is 14.3. The van der Waals surface area contributed by atoms with Gasteiger partial charge in [0, 0.05) is 6.07 Å². The molecule has 25 heavy (non-hydrogen) atoms. The standard InChI is InChI=1S/C17H23F3N2O3/c1-24-12-8-9-14(25-2)13(10-12)21-16(23)22-15(17(18,19)20)11-6-4-3-5-7-11/h8-11,15H,3-7H2,1-2H3,(H2,21,22,23). The molecule has 0 aliphatic heterocycles. The highest BCUT2D eigenvalue weighted by atomic mass is 19.4. The molecule has 1 unspecified atom stereocenters. The lowest BCUT2D eigenvalue weighted by atomic mass is 9.83. The summed E-state index contributed by atoms with van der Waals surface area (Å²) in [6.07, 6.45) is -1.11. The van der Waals surface area contributed by atoms with Gasteiger partial charge in [0.05, 0.1) is 19.9 Å². The second kappa shape index (κ2) is 8.31. The summed E-state index contributed by atoms with van der Waals surface area (Å²) in [7, 11) is 2.86. The van der Waals surface area contributed by atoms with Crippen molar-refractivity contribution in [1.82, 2.24) is 5.32 Å². The number of anilines is 1. The molecule has 1 saturated carbocycles. The maximum Gasteiger partial charge on any atom is 0.408 e. The molecule has 0 heterocycles. The molecule has 2 rings (SSSR count). The first-order valence-corrected chi connectivity index (χ1v) is 8.21. The average molecular weight is 360 g/mol. The molecular weight excluding hydrogens is 337 g/mol. The first-order valence-electron chi connectivity index (χ1n) is 8.21. The molecule has 0 aromatic heterocycles. The summed E-state index contributed by atoms with van der Waals surface area (Å²) in [5, 5.41) is 4.52. The van der Waals surface area contributed by atoms with Crippen molar-refractivity contribution in [2.45, 2.75) is 44.3 Å². The Bertz CT molecular complexity index is 587. The number of nitrogens with one attached hydrogen (secondary N) is 2. The number of carbonyl (C=O) groups excluding carboxylic acids is 1. The molecule has 0 radical (unpaired) electrons. The Morgan fingerprint density at radius 2 is 1.84 bits per heavy atom. The Balaban J connectivity index is 2.11. The number of hydrogen-bond donors (Lipinski definition) is 2. The van der Waals surface area contributed by atoms with E-state index in [0.29, 0.717) is 24.3 Å². The molecule has 1 atom stereocenters. The van der Waals surface area contributed by atoms with Crippen LogP contribution < -0.4 is 20.1 Å². The number of methoxy groups -OCH3 is 2. The molecular formula is C17H23F3N2O3. The molecule has 8 heteroatoms. The van der Waals surface area contributed by atoms with Crippen molar-refractivity contribution in [3.05, 3.63) is 18.2 Å². The van der Waals surface area contributed by atoms with Crippen molar-refractivity contribution in [3.63, 3.8) is 0 Å². The first-order chi connectivity index (χ1) is 11.8. The van der Waals surface area contributed by atoms with E-state index in [1.54, 1.807) is 12.1 Å². The molecule has 1 aromatic carbocycles. The summed E-state index contributed by atoms with van der Waals surface area (Å²) < 4.78 is 50.3. The maximum atomic E-state index is 13.4. The number of benzene rings is 1. The van der Waals surface area contributed by atoms with Gasteiger partial charge in [-0.3, -0.25) is 0 Å². The Labute approximate surface area is 144 Å². The van der Waals surface area contributed by atoms with Gasteiger partial charge < -0.3 is 20.1 Å². The van der Waals surface area contributed by atoms with Crippen LogP contribution in [0.3, 0.4) is 0 Å². The lowest BCUT2D eigenvalue weighted by molar-refractivity contribution is -0.167. The Hall–Kier alpha value is -2.12. The van der Waals surface area contributed by atoms with E-state index in [1.807, 2.05) is 0 Å². The van der Waals surface area contributed by atoms with Crippen LogP contribution in [0.2, 0.25) is 0 Å². The lowest BCUT2D eigenvalue weighted by Crippen LogP contribution is -2.51. The van der Waals surface area contributed by atoms with Crippen LogP contribution in [0.15, 0.2) is 18.2 Å². The fraction of sp³-hybridized carbons (Fsp3) is 0.588.